The molecule has 0 heterocycles. The molecular weight excluding hydrogens is 220 g/mol. The van der Waals surface area contributed by atoms with Gasteiger partial charge >= 0.3 is 0 Å². The fourth-order valence-electron chi connectivity index (χ4n) is 2.71. The summed E-state index contributed by atoms with van der Waals surface area (Å²) in [6, 6.07) is 0. The Morgan fingerprint density at radius 2 is 1.83 bits per heavy atom. The van der Waals surface area contributed by atoms with Crippen LogP contribution in [-0.4, -0.2) is 12.7 Å². The molecule has 0 saturated heterocycles. The maximum atomic E-state index is 5.88. The molecule has 0 aromatic heterocycles. The largest absolute Gasteiger partial charge is 0.374 e. The molecule has 0 amide bonds. The van der Waals surface area contributed by atoms with Gasteiger partial charge in [0.2, 0.25) is 0 Å². The van der Waals surface area contributed by atoms with Crippen LogP contribution in [0.3, 0.4) is 0 Å². The van der Waals surface area contributed by atoms with E-state index in [1.165, 1.54) is 51.4 Å². The summed E-state index contributed by atoms with van der Waals surface area (Å²) in [7, 11) is 0. The molecule has 0 aromatic rings. The average molecular weight is 250 g/mol. The van der Waals surface area contributed by atoms with E-state index in [-0.39, 0.29) is 0 Å². The fourth-order valence-corrected chi connectivity index (χ4v) is 2.71. The van der Waals surface area contributed by atoms with Crippen LogP contribution in [0.25, 0.3) is 0 Å². The smallest absolute Gasteiger partial charge is 0.0654 e. The minimum Gasteiger partial charge on any atom is -0.374 e. The van der Waals surface area contributed by atoms with Gasteiger partial charge in [0.1, 0.15) is 0 Å². The molecule has 0 bridgehead atoms. The third-order valence-electron chi connectivity index (χ3n) is 3.88. The topological polar surface area (TPSA) is 9.23 Å². The number of hydrogen-bond donors (Lipinski definition) is 0. The lowest BCUT2D eigenvalue weighted by atomic mass is 9.84. The number of hydrogen-bond acceptors (Lipinski definition) is 1. The monoisotopic (exact) mass is 250 g/mol. The van der Waals surface area contributed by atoms with Gasteiger partial charge in [0.05, 0.1) is 12.7 Å². The number of allylic oxidation sites excluding steroid dienone is 3. The average Bonchev–Trinajstić information content (AvgIpc) is 2.40. The highest BCUT2D eigenvalue weighted by Crippen LogP contribution is 2.29. The molecule has 0 unspecified atom stereocenters. The Labute approximate surface area is 113 Å². The minimum atomic E-state index is 0.516. The van der Waals surface area contributed by atoms with Crippen LogP contribution < -0.4 is 0 Å². The van der Waals surface area contributed by atoms with Gasteiger partial charge in [-0.15, -0.1) is 0 Å². The summed E-state index contributed by atoms with van der Waals surface area (Å²) >= 11 is 0. The first-order valence-corrected chi connectivity index (χ1v) is 7.76. The summed E-state index contributed by atoms with van der Waals surface area (Å²) in [5.41, 5.74) is 0. The van der Waals surface area contributed by atoms with E-state index in [2.05, 4.69) is 19.1 Å². The van der Waals surface area contributed by atoms with Crippen LogP contribution in [0, 0.1) is 5.92 Å². The van der Waals surface area contributed by atoms with Crippen molar-refractivity contribution >= 4 is 0 Å². The van der Waals surface area contributed by atoms with E-state index >= 15 is 0 Å². The second kappa shape index (κ2) is 10.4. The molecule has 0 atom stereocenters. The Morgan fingerprint density at radius 3 is 2.50 bits per heavy atom. The lowest BCUT2D eigenvalue weighted by molar-refractivity contribution is 0.0333. The first kappa shape index (κ1) is 15.5. The molecule has 1 fully saturated rings. The van der Waals surface area contributed by atoms with Gasteiger partial charge in [0.15, 0.2) is 0 Å². The third kappa shape index (κ3) is 7.00. The Morgan fingerprint density at radius 1 is 1.06 bits per heavy atom. The summed E-state index contributed by atoms with van der Waals surface area (Å²) < 4.78 is 5.88. The summed E-state index contributed by atoms with van der Waals surface area (Å²) in [6.07, 6.45) is 19.7. The predicted molar refractivity (Wildman–Crippen MR) is 79.8 cm³/mol. The van der Waals surface area contributed by atoms with Crippen molar-refractivity contribution in [1.29, 1.82) is 0 Å². The normalized spacial score (nSPS) is 25.2. The van der Waals surface area contributed by atoms with Crippen LogP contribution in [0.15, 0.2) is 24.3 Å². The van der Waals surface area contributed by atoms with Crippen LogP contribution in [-0.2, 0) is 4.74 Å². The molecule has 18 heavy (non-hydrogen) atoms. The van der Waals surface area contributed by atoms with E-state index in [4.69, 9.17) is 4.74 Å². The molecule has 0 aliphatic heterocycles. The molecule has 1 saturated carbocycles. The third-order valence-corrected chi connectivity index (χ3v) is 3.88. The van der Waals surface area contributed by atoms with E-state index < -0.39 is 0 Å². The van der Waals surface area contributed by atoms with Crippen molar-refractivity contribution in [2.75, 3.05) is 6.61 Å². The second-order valence-corrected chi connectivity index (χ2v) is 5.43. The molecule has 1 nitrogen and oxygen atoms in total. The molecule has 1 aliphatic rings. The molecule has 0 N–H and O–H groups in total. The summed E-state index contributed by atoms with van der Waals surface area (Å²) in [6.45, 7) is 5.09. The number of unbranched alkanes of at least 4 members (excludes halogenated alkanes) is 2. The Hall–Kier alpha value is -0.560. The van der Waals surface area contributed by atoms with E-state index in [1.807, 2.05) is 19.1 Å². The highest BCUT2D eigenvalue weighted by atomic mass is 16.5. The first-order chi connectivity index (χ1) is 8.86. The van der Waals surface area contributed by atoms with E-state index in [1.54, 1.807) is 0 Å². The molecule has 0 radical (unpaired) electrons. The van der Waals surface area contributed by atoms with Crippen LogP contribution >= 0.6 is 0 Å². The SMILES string of the molecule is C/C=C/C=C/CO[C@H]1CC[C@H](CCCCC)CC1. The van der Waals surface area contributed by atoms with Gasteiger partial charge in [-0.2, -0.15) is 0 Å². The Kier molecular flexibility index (Phi) is 8.93. The molecule has 1 aliphatic carbocycles. The van der Waals surface area contributed by atoms with Crippen molar-refractivity contribution in [1.82, 2.24) is 0 Å². The lowest BCUT2D eigenvalue weighted by Gasteiger charge is -2.28. The molecule has 0 spiro atoms. The van der Waals surface area contributed by atoms with Crippen molar-refractivity contribution in [2.45, 2.75) is 71.3 Å². The van der Waals surface area contributed by atoms with E-state index in [9.17, 15) is 0 Å². The zero-order chi connectivity index (χ0) is 13.1. The summed E-state index contributed by atoms with van der Waals surface area (Å²) in [5.74, 6) is 0.981. The zero-order valence-electron chi connectivity index (χ0n) is 12.2. The van der Waals surface area contributed by atoms with Gasteiger partial charge in [-0.3, -0.25) is 0 Å². The molecule has 0 aromatic carbocycles. The van der Waals surface area contributed by atoms with Gasteiger partial charge < -0.3 is 4.74 Å². The van der Waals surface area contributed by atoms with Crippen molar-refractivity contribution in [3.8, 4) is 0 Å². The second-order valence-electron chi connectivity index (χ2n) is 5.43. The highest BCUT2D eigenvalue weighted by molar-refractivity contribution is 5.01. The fraction of sp³-hybridized carbons (Fsp3) is 0.765. The summed E-state index contributed by atoms with van der Waals surface area (Å²) in [5, 5.41) is 0. The van der Waals surface area contributed by atoms with Crippen molar-refractivity contribution in [2.24, 2.45) is 5.92 Å². The predicted octanol–water partition coefficient (Wildman–Crippen LogP) is 5.27. The summed E-state index contributed by atoms with van der Waals surface area (Å²) in [4.78, 5) is 0. The van der Waals surface area contributed by atoms with Crippen LogP contribution in [0.5, 0.6) is 0 Å². The van der Waals surface area contributed by atoms with Crippen molar-refractivity contribution in [3.63, 3.8) is 0 Å². The Balaban J connectivity index is 2.04. The number of rotatable bonds is 8. The van der Waals surface area contributed by atoms with Gasteiger partial charge in [-0.1, -0.05) is 56.9 Å². The maximum Gasteiger partial charge on any atom is 0.0654 e. The molecule has 1 rings (SSSR count). The van der Waals surface area contributed by atoms with Gasteiger partial charge in [-0.05, 0) is 38.5 Å². The molecule has 1 heteroatoms. The molecular formula is C17H30O. The van der Waals surface area contributed by atoms with Crippen LogP contribution in [0.1, 0.15) is 65.2 Å². The minimum absolute atomic E-state index is 0.516. The van der Waals surface area contributed by atoms with Gasteiger partial charge in [-0.25, -0.2) is 0 Å². The zero-order valence-corrected chi connectivity index (χ0v) is 12.2. The van der Waals surface area contributed by atoms with Crippen molar-refractivity contribution < 1.29 is 4.74 Å². The Bertz CT molecular complexity index is 234. The molecule has 104 valence electrons. The number of ether oxygens (including phenoxy) is 1. The van der Waals surface area contributed by atoms with Gasteiger partial charge in [0.25, 0.3) is 0 Å². The van der Waals surface area contributed by atoms with E-state index in [0.29, 0.717) is 6.10 Å². The van der Waals surface area contributed by atoms with E-state index in [0.717, 1.165) is 12.5 Å². The first-order valence-electron chi connectivity index (χ1n) is 7.76. The van der Waals surface area contributed by atoms with Crippen LogP contribution in [0.2, 0.25) is 0 Å². The standard InChI is InChI=1S/C17H30O/c1-3-5-7-9-15-18-17-13-11-16(12-14-17)10-8-6-4-2/h3,5,7,9,16-17H,4,6,8,10-15H2,1-2H3/b5-3+,9-7+/t16-,17-. The quantitative estimate of drug-likeness (QED) is 0.421. The van der Waals surface area contributed by atoms with Crippen molar-refractivity contribution in [3.05, 3.63) is 24.3 Å². The highest BCUT2D eigenvalue weighted by Gasteiger charge is 2.20. The van der Waals surface area contributed by atoms with Crippen LogP contribution in [0.4, 0.5) is 0 Å². The maximum absolute atomic E-state index is 5.88. The lowest BCUT2D eigenvalue weighted by Crippen LogP contribution is -2.21. The van der Waals surface area contributed by atoms with Gasteiger partial charge in [0, 0.05) is 0 Å².